The molecule has 2 rings (SSSR count). The zero-order valence-electron chi connectivity index (χ0n) is 13.6. The molecule has 134 valence electrons. The minimum absolute atomic E-state index is 0.0174. The number of β-amino-alcohol motifs (C(OH)–C–C–N with tert-alkyl or cyclic N) is 1. The van der Waals surface area contributed by atoms with Crippen molar-refractivity contribution in [1.82, 2.24) is 10.2 Å². The Labute approximate surface area is 142 Å². The van der Waals surface area contributed by atoms with E-state index >= 15 is 0 Å². The molecule has 1 aliphatic heterocycles. The number of rotatable bonds is 7. The normalized spacial score (nSPS) is 19.2. The first-order chi connectivity index (χ1) is 11.3. The van der Waals surface area contributed by atoms with E-state index in [0.29, 0.717) is 32.5 Å². The largest absolute Gasteiger partial charge is 0.392 e. The number of hydrogen-bond donors (Lipinski definition) is 3. The lowest BCUT2D eigenvalue weighted by Crippen LogP contribution is -2.40. The van der Waals surface area contributed by atoms with Gasteiger partial charge in [0, 0.05) is 26.1 Å². The van der Waals surface area contributed by atoms with Crippen LogP contribution in [0, 0.1) is 0 Å². The van der Waals surface area contributed by atoms with E-state index in [1.807, 2.05) is 0 Å². The van der Waals surface area contributed by atoms with Gasteiger partial charge in [-0.2, -0.15) is 0 Å². The molecule has 0 saturated carbocycles. The van der Waals surface area contributed by atoms with Crippen molar-refractivity contribution in [2.75, 3.05) is 26.2 Å². The highest BCUT2D eigenvalue weighted by Crippen LogP contribution is 2.10. The topological polar surface area (TPSA) is 113 Å². The van der Waals surface area contributed by atoms with Crippen molar-refractivity contribution < 1.29 is 18.3 Å². The molecule has 7 nitrogen and oxygen atoms in total. The molecular formula is C16H25N3O4S. The maximum atomic E-state index is 11.8. The molecule has 1 aromatic carbocycles. The molecule has 0 aliphatic carbocycles. The summed E-state index contributed by atoms with van der Waals surface area (Å²) in [6.07, 6.45) is 2.57. The van der Waals surface area contributed by atoms with Crippen LogP contribution in [0.4, 0.5) is 0 Å². The molecule has 1 amide bonds. The van der Waals surface area contributed by atoms with Gasteiger partial charge in [-0.1, -0.05) is 12.1 Å². The van der Waals surface area contributed by atoms with E-state index in [1.165, 1.54) is 12.1 Å². The van der Waals surface area contributed by atoms with Crippen molar-refractivity contribution in [1.29, 1.82) is 0 Å². The third-order valence-electron chi connectivity index (χ3n) is 4.12. The van der Waals surface area contributed by atoms with Crippen molar-refractivity contribution in [3.05, 3.63) is 29.8 Å². The van der Waals surface area contributed by atoms with Crippen molar-refractivity contribution in [2.45, 2.75) is 36.7 Å². The first-order valence-electron chi connectivity index (χ1n) is 8.13. The van der Waals surface area contributed by atoms with E-state index in [2.05, 4.69) is 10.2 Å². The highest BCUT2D eigenvalue weighted by atomic mass is 32.2. The number of amides is 1. The highest BCUT2D eigenvalue weighted by molar-refractivity contribution is 7.89. The van der Waals surface area contributed by atoms with Crippen LogP contribution in [0.25, 0.3) is 0 Å². The van der Waals surface area contributed by atoms with Crippen LogP contribution in [0.2, 0.25) is 0 Å². The minimum atomic E-state index is -3.67. The molecule has 1 heterocycles. The van der Waals surface area contributed by atoms with E-state index in [0.717, 1.165) is 24.9 Å². The number of nitrogens with two attached hydrogens (primary N) is 1. The first kappa shape index (κ1) is 18.9. The molecule has 0 radical (unpaired) electrons. The van der Waals surface area contributed by atoms with Crippen molar-refractivity contribution >= 4 is 15.9 Å². The molecule has 24 heavy (non-hydrogen) atoms. The quantitative estimate of drug-likeness (QED) is 0.629. The van der Waals surface area contributed by atoms with E-state index in [1.54, 1.807) is 12.1 Å². The SMILES string of the molecule is NS(=O)(=O)c1ccc(CCNC(=O)CCN2CCCC(O)C2)cc1. The molecule has 8 heteroatoms. The summed E-state index contributed by atoms with van der Waals surface area (Å²) in [5.41, 5.74) is 0.932. The summed E-state index contributed by atoms with van der Waals surface area (Å²) in [4.78, 5) is 14.0. The Morgan fingerprint density at radius 2 is 2.04 bits per heavy atom. The maximum absolute atomic E-state index is 11.8. The Balaban J connectivity index is 1.67. The lowest BCUT2D eigenvalue weighted by Gasteiger charge is -2.29. The van der Waals surface area contributed by atoms with Crippen molar-refractivity contribution in [3.8, 4) is 0 Å². The van der Waals surface area contributed by atoms with Gasteiger partial charge in [0.15, 0.2) is 0 Å². The van der Waals surface area contributed by atoms with Crippen molar-refractivity contribution in [2.24, 2.45) is 5.14 Å². The number of primary sulfonamides is 1. The third-order valence-corrected chi connectivity index (χ3v) is 5.05. The van der Waals surface area contributed by atoms with Gasteiger partial charge < -0.3 is 15.3 Å². The molecule has 1 aliphatic rings. The number of nitrogens with zero attached hydrogens (tertiary/aromatic N) is 1. The maximum Gasteiger partial charge on any atom is 0.238 e. The number of hydrogen-bond acceptors (Lipinski definition) is 5. The fourth-order valence-corrected chi connectivity index (χ4v) is 3.29. The average molecular weight is 355 g/mol. The number of likely N-dealkylation sites (tertiary alicyclic amines) is 1. The summed E-state index contributed by atoms with van der Waals surface area (Å²) >= 11 is 0. The Morgan fingerprint density at radius 3 is 2.67 bits per heavy atom. The Bertz CT molecular complexity index is 646. The van der Waals surface area contributed by atoms with E-state index in [4.69, 9.17) is 5.14 Å². The molecule has 1 unspecified atom stereocenters. The highest BCUT2D eigenvalue weighted by Gasteiger charge is 2.17. The second kappa shape index (κ2) is 8.57. The van der Waals surface area contributed by atoms with Gasteiger partial charge in [-0.15, -0.1) is 0 Å². The van der Waals surface area contributed by atoms with Crippen LogP contribution in [-0.4, -0.2) is 56.6 Å². The predicted octanol–water partition coefficient (Wildman–Crippen LogP) is -0.160. The molecule has 0 spiro atoms. The van der Waals surface area contributed by atoms with Crippen LogP contribution < -0.4 is 10.5 Å². The van der Waals surface area contributed by atoms with Gasteiger partial charge in [-0.05, 0) is 43.5 Å². The molecular weight excluding hydrogens is 330 g/mol. The number of carbonyl (C=O) groups is 1. The zero-order valence-corrected chi connectivity index (χ0v) is 14.5. The molecule has 0 aromatic heterocycles. The second-order valence-electron chi connectivity index (χ2n) is 6.14. The molecule has 0 bridgehead atoms. The summed E-state index contributed by atoms with van der Waals surface area (Å²) in [6, 6.07) is 6.32. The standard InChI is InChI=1S/C16H25N3O4S/c17-24(22,23)15-5-3-13(4-6-15)7-9-18-16(21)8-11-19-10-1-2-14(20)12-19/h3-6,14,20H,1-2,7-12H2,(H,18,21)(H2,17,22,23). The molecule has 1 atom stereocenters. The smallest absolute Gasteiger partial charge is 0.238 e. The summed E-state index contributed by atoms with van der Waals surface area (Å²) < 4.78 is 22.3. The molecule has 1 saturated heterocycles. The predicted molar refractivity (Wildman–Crippen MR) is 90.8 cm³/mol. The van der Waals surface area contributed by atoms with Crippen LogP contribution >= 0.6 is 0 Å². The summed E-state index contributed by atoms with van der Waals surface area (Å²) in [7, 11) is -3.67. The summed E-state index contributed by atoms with van der Waals surface area (Å²) in [6.45, 7) is 2.73. The van der Waals surface area contributed by atoms with Gasteiger partial charge >= 0.3 is 0 Å². The van der Waals surface area contributed by atoms with Gasteiger partial charge in [-0.3, -0.25) is 4.79 Å². The lowest BCUT2D eigenvalue weighted by molar-refractivity contribution is -0.121. The van der Waals surface area contributed by atoms with E-state index in [-0.39, 0.29) is 16.9 Å². The van der Waals surface area contributed by atoms with Gasteiger partial charge in [-0.25, -0.2) is 13.6 Å². The Kier molecular flexibility index (Phi) is 6.73. The number of piperidine rings is 1. The second-order valence-corrected chi connectivity index (χ2v) is 7.70. The van der Waals surface area contributed by atoms with Gasteiger partial charge in [0.2, 0.25) is 15.9 Å². The summed E-state index contributed by atoms with van der Waals surface area (Å²) in [5.74, 6) is -0.0174. The van der Waals surface area contributed by atoms with E-state index < -0.39 is 10.0 Å². The fraction of sp³-hybridized carbons (Fsp3) is 0.562. The third kappa shape index (κ3) is 6.20. The number of carbonyl (C=O) groups excluding carboxylic acids is 1. The number of aliphatic hydroxyl groups is 1. The monoisotopic (exact) mass is 355 g/mol. The van der Waals surface area contributed by atoms with E-state index in [9.17, 15) is 18.3 Å². The van der Waals surface area contributed by atoms with Crippen LogP contribution in [0.5, 0.6) is 0 Å². The molecule has 1 fully saturated rings. The van der Waals surface area contributed by atoms with Crippen LogP contribution in [0.15, 0.2) is 29.2 Å². The number of nitrogens with one attached hydrogen (secondary N) is 1. The first-order valence-corrected chi connectivity index (χ1v) is 9.68. The van der Waals surface area contributed by atoms with Crippen LogP contribution in [0.1, 0.15) is 24.8 Å². The average Bonchev–Trinajstić information content (AvgIpc) is 2.53. The molecule has 4 N–H and O–H groups in total. The Morgan fingerprint density at radius 1 is 1.33 bits per heavy atom. The number of aliphatic hydroxyl groups excluding tert-OH is 1. The summed E-state index contributed by atoms with van der Waals surface area (Å²) in [5, 5.41) is 17.5. The number of sulfonamides is 1. The van der Waals surface area contributed by atoms with Gasteiger partial charge in [0.25, 0.3) is 0 Å². The minimum Gasteiger partial charge on any atom is -0.392 e. The zero-order chi connectivity index (χ0) is 17.6. The van der Waals surface area contributed by atoms with Crippen LogP contribution in [-0.2, 0) is 21.2 Å². The van der Waals surface area contributed by atoms with Gasteiger partial charge in [0.05, 0.1) is 11.0 Å². The van der Waals surface area contributed by atoms with Gasteiger partial charge in [0.1, 0.15) is 0 Å². The molecule has 1 aromatic rings. The van der Waals surface area contributed by atoms with Crippen molar-refractivity contribution in [3.63, 3.8) is 0 Å². The number of benzene rings is 1. The van der Waals surface area contributed by atoms with Crippen LogP contribution in [0.3, 0.4) is 0 Å². The lowest BCUT2D eigenvalue weighted by atomic mass is 10.1. The Hall–Kier alpha value is -1.48. The fourth-order valence-electron chi connectivity index (χ4n) is 2.77.